The Kier molecular flexibility index (Phi) is 4.91. The molecule has 3 N–H and O–H groups in total. The lowest BCUT2D eigenvalue weighted by Crippen LogP contribution is -2.26. The van der Waals surface area contributed by atoms with E-state index in [1.165, 1.54) is 18.2 Å². The summed E-state index contributed by atoms with van der Waals surface area (Å²) in [5.74, 6) is 0.714. The van der Waals surface area contributed by atoms with Crippen LogP contribution in [0, 0.1) is 0 Å². The normalized spacial score (nSPS) is 11.6. The van der Waals surface area contributed by atoms with Gasteiger partial charge in [0, 0.05) is 18.0 Å². The van der Waals surface area contributed by atoms with E-state index in [9.17, 15) is 8.42 Å². The molecule has 0 amide bonds. The summed E-state index contributed by atoms with van der Waals surface area (Å²) in [5.41, 5.74) is 5.93. The van der Waals surface area contributed by atoms with Gasteiger partial charge in [-0.2, -0.15) is 11.8 Å². The minimum absolute atomic E-state index is 0.0597. The second kappa shape index (κ2) is 5.77. The van der Waals surface area contributed by atoms with Crippen LogP contribution >= 0.6 is 23.4 Å². The van der Waals surface area contributed by atoms with Crippen LogP contribution in [-0.4, -0.2) is 27.0 Å². The van der Waals surface area contributed by atoms with E-state index in [0.29, 0.717) is 18.0 Å². The Morgan fingerprint density at radius 3 is 2.75 bits per heavy atom. The summed E-state index contributed by atoms with van der Waals surface area (Å²) in [4.78, 5) is 0.0597. The van der Waals surface area contributed by atoms with E-state index < -0.39 is 10.0 Å². The monoisotopic (exact) mass is 280 g/mol. The molecule has 0 aromatic heterocycles. The fourth-order valence-electron chi connectivity index (χ4n) is 1.09. The van der Waals surface area contributed by atoms with E-state index in [0.717, 1.165) is 0 Å². The van der Waals surface area contributed by atoms with Crippen LogP contribution in [0.5, 0.6) is 0 Å². The van der Waals surface area contributed by atoms with Gasteiger partial charge in [0.1, 0.15) is 4.90 Å². The third-order valence-electron chi connectivity index (χ3n) is 1.84. The van der Waals surface area contributed by atoms with Gasteiger partial charge in [0.25, 0.3) is 0 Å². The number of nitrogens with one attached hydrogen (secondary N) is 1. The number of rotatable bonds is 5. The van der Waals surface area contributed by atoms with Gasteiger partial charge in [0.15, 0.2) is 0 Å². The molecule has 0 fully saturated rings. The lowest BCUT2D eigenvalue weighted by molar-refractivity contribution is 0.584. The molecule has 0 saturated carbocycles. The predicted molar refractivity (Wildman–Crippen MR) is 69.4 cm³/mol. The second-order valence-corrected chi connectivity index (χ2v) is 6.21. The summed E-state index contributed by atoms with van der Waals surface area (Å²) in [6, 6.07) is 4.33. The first-order valence-electron chi connectivity index (χ1n) is 4.51. The zero-order valence-corrected chi connectivity index (χ0v) is 11.1. The molecule has 4 nitrogen and oxygen atoms in total. The summed E-state index contributed by atoms with van der Waals surface area (Å²) in [6.07, 6.45) is 1.91. The van der Waals surface area contributed by atoms with Gasteiger partial charge < -0.3 is 5.73 Å². The minimum atomic E-state index is -3.53. The molecule has 0 atom stereocenters. The highest BCUT2D eigenvalue weighted by Gasteiger charge is 2.16. The number of hydrogen-bond acceptors (Lipinski definition) is 4. The van der Waals surface area contributed by atoms with Gasteiger partial charge in [-0.15, -0.1) is 0 Å². The maximum Gasteiger partial charge on any atom is 0.242 e. The Hall–Kier alpha value is -0.430. The predicted octanol–water partition coefficient (Wildman–Crippen LogP) is 1.56. The van der Waals surface area contributed by atoms with Crippen molar-refractivity contribution in [3.05, 3.63) is 23.2 Å². The van der Waals surface area contributed by atoms with Crippen molar-refractivity contribution in [3.63, 3.8) is 0 Å². The summed E-state index contributed by atoms with van der Waals surface area (Å²) >= 11 is 7.39. The minimum Gasteiger partial charge on any atom is -0.399 e. The van der Waals surface area contributed by atoms with Gasteiger partial charge in [-0.25, -0.2) is 13.1 Å². The van der Waals surface area contributed by atoms with Gasteiger partial charge >= 0.3 is 0 Å². The number of anilines is 1. The molecule has 0 aliphatic rings. The average molecular weight is 281 g/mol. The molecule has 1 aromatic rings. The van der Waals surface area contributed by atoms with E-state index in [2.05, 4.69) is 4.72 Å². The van der Waals surface area contributed by atoms with E-state index in [1.54, 1.807) is 11.8 Å². The van der Waals surface area contributed by atoms with Crippen molar-refractivity contribution in [2.75, 3.05) is 24.3 Å². The van der Waals surface area contributed by atoms with Crippen molar-refractivity contribution >= 4 is 39.1 Å². The molecule has 0 radical (unpaired) electrons. The molecule has 7 heteroatoms. The van der Waals surface area contributed by atoms with E-state index in [1.807, 2.05) is 6.26 Å². The lowest BCUT2D eigenvalue weighted by atomic mass is 10.3. The van der Waals surface area contributed by atoms with Crippen molar-refractivity contribution in [1.82, 2.24) is 4.72 Å². The summed E-state index contributed by atoms with van der Waals surface area (Å²) in [6.45, 7) is 0.379. The standard InChI is InChI=1S/C9H13ClN2O2S2/c1-15-5-4-12-16(13,14)9-3-2-7(11)6-8(9)10/h2-3,6,12H,4-5,11H2,1H3. The number of halogens is 1. The van der Waals surface area contributed by atoms with Crippen molar-refractivity contribution in [3.8, 4) is 0 Å². The lowest BCUT2D eigenvalue weighted by Gasteiger charge is -2.08. The number of nitrogen functional groups attached to an aromatic ring is 1. The number of thioether (sulfide) groups is 1. The molecule has 0 spiro atoms. The maximum atomic E-state index is 11.8. The van der Waals surface area contributed by atoms with Crippen LogP contribution < -0.4 is 10.5 Å². The topological polar surface area (TPSA) is 72.2 Å². The Bertz CT molecular complexity index is 463. The number of nitrogens with two attached hydrogens (primary N) is 1. The van der Waals surface area contributed by atoms with Crippen molar-refractivity contribution in [1.29, 1.82) is 0 Å². The highest BCUT2D eigenvalue weighted by molar-refractivity contribution is 7.98. The molecular weight excluding hydrogens is 268 g/mol. The van der Waals surface area contributed by atoms with Crippen LogP contribution in [0.1, 0.15) is 0 Å². The first-order chi connectivity index (χ1) is 7.47. The highest BCUT2D eigenvalue weighted by atomic mass is 35.5. The first kappa shape index (κ1) is 13.6. The van der Waals surface area contributed by atoms with Gasteiger partial charge in [0.2, 0.25) is 10.0 Å². The third-order valence-corrected chi connectivity index (χ3v) is 4.40. The fourth-order valence-corrected chi connectivity index (χ4v) is 3.11. The Labute approximate surface area is 105 Å². The summed E-state index contributed by atoms with van der Waals surface area (Å²) < 4.78 is 26.0. The first-order valence-corrected chi connectivity index (χ1v) is 7.76. The fraction of sp³-hybridized carbons (Fsp3) is 0.333. The number of sulfonamides is 1. The Balaban J connectivity index is 2.90. The molecule has 1 rings (SSSR count). The molecule has 0 bridgehead atoms. The Morgan fingerprint density at radius 2 is 2.19 bits per heavy atom. The molecule has 16 heavy (non-hydrogen) atoms. The highest BCUT2D eigenvalue weighted by Crippen LogP contribution is 2.23. The van der Waals surface area contributed by atoms with Crippen LogP contribution in [0.3, 0.4) is 0 Å². The maximum absolute atomic E-state index is 11.8. The van der Waals surface area contributed by atoms with Crippen molar-refractivity contribution in [2.45, 2.75) is 4.90 Å². The average Bonchev–Trinajstić information content (AvgIpc) is 2.17. The zero-order valence-electron chi connectivity index (χ0n) is 8.73. The van der Waals surface area contributed by atoms with Crippen LogP contribution in [0.25, 0.3) is 0 Å². The van der Waals surface area contributed by atoms with Gasteiger partial charge in [-0.05, 0) is 24.5 Å². The third kappa shape index (κ3) is 3.55. The Morgan fingerprint density at radius 1 is 1.50 bits per heavy atom. The molecule has 0 heterocycles. The van der Waals surface area contributed by atoms with Crippen molar-refractivity contribution < 1.29 is 8.42 Å². The zero-order chi connectivity index (χ0) is 12.2. The van der Waals surface area contributed by atoms with Crippen molar-refractivity contribution in [2.24, 2.45) is 0 Å². The van der Waals surface area contributed by atoms with Gasteiger partial charge in [0.05, 0.1) is 5.02 Å². The van der Waals surface area contributed by atoms with Crippen LogP contribution in [0.4, 0.5) is 5.69 Å². The van der Waals surface area contributed by atoms with Crippen LogP contribution in [0.15, 0.2) is 23.1 Å². The van der Waals surface area contributed by atoms with Gasteiger partial charge in [-0.1, -0.05) is 11.6 Å². The van der Waals surface area contributed by atoms with E-state index in [-0.39, 0.29) is 9.92 Å². The molecule has 90 valence electrons. The second-order valence-electron chi connectivity index (χ2n) is 3.08. The molecule has 0 aliphatic heterocycles. The SMILES string of the molecule is CSCCNS(=O)(=O)c1ccc(N)cc1Cl. The largest absolute Gasteiger partial charge is 0.399 e. The van der Waals surface area contributed by atoms with Gasteiger partial charge in [-0.3, -0.25) is 0 Å². The number of benzene rings is 1. The van der Waals surface area contributed by atoms with E-state index in [4.69, 9.17) is 17.3 Å². The van der Waals surface area contributed by atoms with Crippen LogP contribution in [-0.2, 0) is 10.0 Å². The molecular formula is C9H13ClN2O2S2. The molecule has 0 unspecified atom stereocenters. The van der Waals surface area contributed by atoms with Crippen LogP contribution in [0.2, 0.25) is 5.02 Å². The summed E-state index contributed by atoms with van der Waals surface area (Å²) in [5, 5.41) is 0.136. The number of hydrogen-bond donors (Lipinski definition) is 2. The smallest absolute Gasteiger partial charge is 0.242 e. The molecule has 0 aliphatic carbocycles. The quantitative estimate of drug-likeness (QED) is 0.634. The summed E-state index contributed by atoms with van der Waals surface area (Å²) in [7, 11) is -3.53. The van der Waals surface area contributed by atoms with E-state index >= 15 is 0 Å². The molecule has 1 aromatic carbocycles. The molecule has 0 saturated heterocycles.